The van der Waals surface area contributed by atoms with Crippen molar-refractivity contribution in [3.05, 3.63) is 54.1 Å². The molecule has 0 saturated carbocycles. The summed E-state index contributed by atoms with van der Waals surface area (Å²) >= 11 is 0. The quantitative estimate of drug-likeness (QED) is 0.439. The summed E-state index contributed by atoms with van der Waals surface area (Å²) in [6, 6.07) is 14.6. The summed E-state index contributed by atoms with van der Waals surface area (Å²) < 4.78 is 27.0. The first-order valence-corrected chi connectivity index (χ1v) is 10.7. The van der Waals surface area contributed by atoms with E-state index in [0.29, 0.717) is 23.9 Å². The molecule has 0 aliphatic carbocycles. The number of rotatable bonds is 5. The van der Waals surface area contributed by atoms with Gasteiger partial charge in [0.1, 0.15) is 0 Å². The Morgan fingerprint density at radius 3 is 2.57 bits per heavy atom. The van der Waals surface area contributed by atoms with Gasteiger partial charge < -0.3 is 10.3 Å². The Morgan fingerprint density at radius 1 is 1.14 bits per heavy atom. The first-order chi connectivity index (χ1) is 13.5. The number of para-hydroxylation sites is 2. The predicted octanol–water partition coefficient (Wildman–Crippen LogP) is 0.967. The molecule has 1 saturated heterocycles. The molecule has 9 heteroatoms. The average molecular weight is 400 g/mol. The number of aromatic amines is 1. The van der Waals surface area contributed by atoms with E-state index >= 15 is 0 Å². The second-order valence-electron chi connectivity index (χ2n) is 6.71. The minimum atomic E-state index is -3.43. The van der Waals surface area contributed by atoms with Gasteiger partial charge in [0.05, 0.1) is 47.8 Å². The van der Waals surface area contributed by atoms with Gasteiger partial charge in [-0.2, -0.15) is 9.41 Å². The first kappa shape index (κ1) is 18.6. The smallest absolute Gasteiger partial charge is 0.243 e. The minimum Gasteiger partial charge on any atom is -0.344 e. The molecule has 2 aromatic carbocycles. The molecule has 4 rings (SSSR count). The average Bonchev–Trinajstić information content (AvgIpc) is 3.16. The lowest BCUT2D eigenvalue weighted by Crippen LogP contribution is -2.89. The predicted molar refractivity (Wildman–Crippen MR) is 109 cm³/mol. The van der Waals surface area contributed by atoms with Crippen LogP contribution in [0, 0.1) is 0 Å². The van der Waals surface area contributed by atoms with E-state index in [-0.39, 0.29) is 0 Å². The summed E-state index contributed by atoms with van der Waals surface area (Å²) in [6.45, 7) is 4.56. The SMILES string of the molecule is C/C(=N/Nc1nc2ccccc2[nH]1)c1ccc(S(=O)(=O)N2CC[NH2+]CC2)cc1. The largest absolute Gasteiger partial charge is 0.344 e. The Hall–Kier alpha value is -2.75. The number of sulfonamides is 1. The molecule has 2 heterocycles. The molecule has 0 unspecified atom stereocenters. The van der Waals surface area contributed by atoms with Gasteiger partial charge in [0.25, 0.3) is 0 Å². The van der Waals surface area contributed by atoms with Crippen LogP contribution in [0.4, 0.5) is 5.95 Å². The molecule has 0 amide bonds. The molecule has 0 radical (unpaired) electrons. The van der Waals surface area contributed by atoms with Crippen molar-refractivity contribution in [2.45, 2.75) is 11.8 Å². The van der Waals surface area contributed by atoms with Crippen molar-refractivity contribution in [1.82, 2.24) is 14.3 Å². The van der Waals surface area contributed by atoms with Crippen LogP contribution in [0.15, 0.2) is 58.5 Å². The Balaban J connectivity index is 1.48. The zero-order valence-electron chi connectivity index (χ0n) is 15.6. The van der Waals surface area contributed by atoms with Crippen molar-refractivity contribution in [2.75, 3.05) is 31.6 Å². The summed E-state index contributed by atoms with van der Waals surface area (Å²) in [5, 5.41) is 6.48. The van der Waals surface area contributed by atoms with Crippen molar-refractivity contribution in [2.24, 2.45) is 5.10 Å². The lowest BCUT2D eigenvalue weighted by molar-refractivity contribution is -0.661. The highest BCUT2D eigenvalue weighted by Gasteiger charge is 2.27. The molecule has 0 spiro atoms. The van der Waals surface area contributed by atoms with E-state index in [4.69, 9.17) is 0 Å². The van der Waals surface area contributed by atoms with Gasteiger partial charge in [-0.25, -0.2) is 18.8 Å². The second-order valence-corrected chi connectivity index (χ2v) is 8.64. The third kappa shape index (κ3) is 3.77. The molecule has 1 aromatic heterocycles. The highest BCUT2D eigenvalue weighted by atomic mass is 32.2. The van der Waals surface area contributed by atoms with Crippen LogP contribution in [0.1, 0.15) is 12.5 Å². The summed E-state index contributed by atoms with van der Waals surface area (Å²) in [4.78, 5) is 7.88. The number of fused-ring (bicyclic) bond motifs is 1. The lowest BCUT2D eigenvalue weighted by atomic mass is 10.1. The zero-order chi connectivity index (χ0) is 19.6. The molecule has 1 fully saturated rings. The number of hydrogen-bond acceptors (Lipinski definition) is 5. The number of H-pyrrole nitrogens is 1. The Labute approximate surface area is 163 Å². The van der Waals surface area contributed by atoms with Crippen LogP contribution < -0.4 is 10.7 Å². The van der Waals surface area contributed by atoms with E-state index in [1.54, 1.807) is 28.6 Å². The minimum absolute atomic E-state index is 0.316. The van der Waals surface area contributed by atoms with Gasteiger partial charge in [-0.05, 0) is 36.8 Å². The van der Waals surface area contributed by atoms with Crippen LogP contribution in [0.5, 0.6) is 0 Å². The first-order valence-electron chi connectivity index (χ1n) is 9.21. The van der Waals surface area contributed by atoms with Crippen molar-refractivity contribution < 1.29 is 13.7 Å². The highest BCUT2D eigenvalue weighted by molar-refractivity contribution is 7.89. The number of imidazole rings is 1. The van der Waals surface area contributed by atoms with Gasteiger partial charge in [-0.15, -0.1) is 0 Å². The van der Waals surface area contributed by atoms with Gasteiger partial charge in [0, 0.05) is 0 Å². The van der Waals surface area contributed by atoms with E-state index in [2.05, 4.69) is 25.8 Å². The zero-order valence-corrected chi connectivity index (χ0v) is 16.4. The Bertz CT molecular complexity index is 1070. The molecule has 0 atom stereocenters. The standard InChI is InChI=1S/C19H22N6O2S/c1-14(23-24-19-21-17-4-2-3-5-18(17)22-19)15-6-8-16(9-7-15)28(26,27)25-12-10-20-11-13-25/h2-9,20H,10-13H2,1H3,(H2,21,22,24)/p+1/b23-14-. The maximum absolute atomic E-state index is 12.7. The molecular formula is C19H23N6O2S+. The maximum atomic E-state index is 12.7. The van der Waals surface area contributed by atoms with E-state index in [9.17, 15) is 8.42 Å². The number of piperazine rings is 1. The number of hydrazone groups is 1. The van der Waals surface area contributed by atoms with Crippen molar-refractivity contribution in [1.29, 1.82) is 0 Å². The number of aromatic nitrogens is 2. The van der Waals surface area contributed by atoms with Crippen LogP contribution in [-0.2, 0) is 10.0 Å². The molecule has 146 valence electrons. The summed E-state index contributed by atoms with van der Waals surface area (Å²) in [6.07, 6.45) is 0. The molecule has 0 bridgehead atoms. The van der Waals surface area contributed by atoms with Crippen molar-refractivity contribution in [3.63, 3.8) is 0 Å². The monoisotopic (exact) mass is 399 g/mol. The number of benzene rings is 2. The van der Waals surface area contributed by atoms with Crippen molar-refractivity contribution >= 4 is 32.7 Å². The number of nitrogens with two attached hydrogens (primary N) is 1. The van der Waals surface area contributed by atoms with Gasteiger partial charge in [-0.3, -0.25) is 0 Å². The fraction of sp³-hybridized carbons (Fsp3) is 0.263. The Morgan fingerprint density at radius 2 is 1.86 bits per heavy atom. The fourth-order valence-corrected chi connectivity index (χ4v) is 4.66. The number of quaternary nitrogens is 1. The van der Waals surface area contributed by atoms with E-state index in [1.165, 1.54) is 0 Å². The summed E-state index contributed by atoms with van der Waals surface area (Å²) in [5.41, 5.74) is 6.29. The second kappa shape index (κ2) is 7.70. The molecule has 8 nitrogen and oxygen atoms in total. The van der Waals surface area contributed by atoms with Gasteiger partial charge in [0.2, 0.25) is 16.0 Å². The molecular weight excluding hydrogens is 376 g/mol. The van der Waals surface area contributed by atoms with Gasteiger partial charge in [0.15, 0.2) is 0 Å². The van der Waals surface area contributed by atoms with E-state index in [1.807, 2.05) is 31.2 Å². The summed E-state index contributed by atoms with van der Waals surface area (Å²) in [5.74, 6) is 0.557. The molecule has 1 aliphatic rings. The third-order valence-corrected chi connectivity index (χ3v) is 6.71. The van der Waals surface area contributed by atoms with Crippen LogP contribution in [0.25, 0.3) is 11.0 Å². The maximum Gasteiger partial charge on any atom is 0.243 e. The lowest BCUT2D eigenvalue weighted by Gasteiger charge is -2.24. The number of nitrogens with one attached hydrogen (secondary N) is 2. The fourth-order valence-electron chi connectivity index (χ4n) is 3.19. The molecule has 3 aromatic rings. The van der Waals surface area contributed by atoms with Crippen molar-refractivity contribution in [3.8, 4) is 0 Å². The number of hydrogen-bond donors (Lipinski definition) is 3. The molecule has 28 heavy (non-hydrogen) atoms. The number of anilines is 1. The van der Waals surface area contributed by atoms with Gasteiger partial charge >= 0.3 is 0 Å². The van der Waals surface area contributed by atoms with E-state index < -0.39 is 10.0 Å². The van der Waals surface area contributed by atoms with Crippen LogP contribution in [0.3, 0.4) is 0 Å². The highest BCUT2D eigenvalue weighted by Crippen LogP contribution is 2.17. The van der Waals surface area contributed by atoms with Crippen LogP contribution >= 0.6 is 0 Å². The van der Waals surface area contributed by atoms with E-state index in [0.717, 1.165) is 35.4 Å². The number of nitrogens with zero attached hydrogens (tertiary/aromatic N) is 3. The van der Waals surface area contributed by atoms with Gasteiger partial charge in [-0.1, -0.05) is 24.3 Å². The Kier molecular flexibility index (Phi) is 5.12. The van der Waals surface area contributed by atoms with Crippen LogP contribution in [0.2, 0.25) is 0 Å². The van der Waals surface area contributed by atoms with Crippen LogP contribution in [-0.4, -0.2) is 54.6 Å². The molecule has 4 N–H and O–H groups in total. The third-order valence-electron chi connectivity index (χ3n) is 4.79. The normalized spacial score (nSPS) is 16.4. The summed E-state index contributed by atoms with van der Waals surface area (Å²) in [7, 11) is -3.43. The topological polar surface area (TPSA) is 107 Å². The molecule has 1 aliphatic heterocycles.